The molecule has 1 saturated heterocycles. The van der Waals surface area contributed by atoms with E-state index in [1.54, 1.807) is 12.3 Å². The fraction of sp³-hybridized carbons (Fsp3) is 0.208. The highest BCUT2D eigenvalue weighted by Gasteiger charge is 2.33. The van der Waals surface area contributed by atoms with Gasteiger partial charge in [0.05, 0.1) is 12.3 Å². The van der Waals surface area contributed by atoms with Gasteiger partial charge in [-0.2, -0.15) is 5.10 Å². The third-order valence-corrected chi connectivity index (χ3v) is 5.75. The topological polar surface area (TPSA) is 39.1 Å². The van der Waals surface area contributed by atoms with Crippen LogP contribution < -0.4 is 0 Å². The van der Waals surface area contributed by atoms with Crippen molar-refractivity contribution in [2.45, 2.75) is 6.04 Å². The van der Waals surface area contributed by atoms with Crippen molar-refractivity contribution in [3.63, 3.8) is 0 Å². The molecule has 0 bridgehead atoms. The molecule has 3 aromatic carbocycles. The number of hydrogen-bond acceptors (Lipinski definition) is 4. The second kappa shape index (κ2) is 7.13. The summed E-state index contributed by atoms with van der Waals surface area (Å²) in [6.07, 6.45) is 1.76. The number of phenols is 1. The Balaban J connectivity index is 1.33. The number of piperazine rings is 1. The Kier molecular flexibility index (Phi) is 4.34. The van der Waals surface area contributed by atoms with Gasteiger partial charge in [0.15, 0.2) is 0 Å². The van der Waals surface area contributed by atoms with E-state index in [0.717, 1.165) is 31.7 Å². The zero-order chi connectivity index (χ0) is 18.9. The fourth-order valence-electron chi connectivity index (χ4n) is 4.35. The zero-order valence-corrected chi connectivity index (χ0v) is 15.7. The van der Waals surface area contributed by atoms with Crippen LogP contribution in [0.15, 0.2) is 77.9 Å². The van der Waals surface area contributed by atoms with Gasteiger partial charge in [-0.05, 0) is 34.4 Å². The predicted octanol–water partition coefficient (Wildman–Crippen LogP) is 4.11. The van der Waals surface area contributed by atoms with Gasteiger partial charge in [-0.1, -0.05) is 60.7 Å². The molecular weight excluding hydrogens is 346 g/mol. The SMILES string of the molecule is Oc1ccccc1/C=N/N1CCN(C2c3ccccc3-c3ccccc32)CC1. The molecule has 0 spiro atoms. The fourth-order valence-corrected chi connectivity index (χ4v) is 4.35. The van der Waals surface area contributed by atoms with Crippen molar-refractivity contribution >= 4 is 6.21 Å². The zero-order valence-electron chi connectivity index (χ0n) is 15.7. The minimum atomic E-state index is 0.268. The summed E-state index contributed by atoms with van der Waals surface area (Å²) in [6, 6.07) is 25.2. The Morgan fingerprint density at radius 2 is 1.32 bits per heavy atom. The van der Waals surface area contributed by atoms with E-state index in [2.05, 4.69) is 63.5 Å². The van der Waals surface area contributed by atoms with Crippen molar-refractivity contribution in [2.75, 3.05) is 26.2 Å². The number of benzene rings is 3. The van der Waals surface area contributed by atoms with E-state index in [1.165, 1.54) is 22.3 Å². The van der Waals surface area contributed by atoms with E-state index < -0.39 is 0 Å². The van der Waals surface area contributed by atoms with Crippen LogP contribution in [0.5, 0.6) is 5.75 Å². The molecule has 2 aliphatic rings. The number of para-hydroxylation sites is 1. The average Bonchev–Trinajstić information content (AvgIpc) is 3.08. The summed E-state index contributed by atoms with van der Waals surface area (Å²) in [5, 5.41) is 16.6. The number of fused-ring (bicyclic) bond motifs is 3. The molecule has 1 aliphatic carbocycles. The number of hydrogen-bond donors (Lipinski definition) is 1. The predicted molar refractivity (Wildman–Crippen MR) is 113 cm³/mol. The smallest absolute Gasteiger partial charge is 0.124 e. The van der Waals surface area contributed by atoms with Gasteiger partial charge < -0.3 is 5.11 Å². The summed E-state index contributed by atoms with van der Waals surface area (Å²) in [5.41, 5.74) is 6.31. The molecule has 0 saturated carbocycles. The summed E-state index contributed by atoms with van der Waals surface area (Å²) in [7, 11) is 0. The molecule has 4 heteroatoms. The van der Waals surface area contributed by atoms with Gasteiger partial charge in [0.2, 0.25) is 0 Å². The number of hydrazone groups is 1. The van der Waals surface area contributed by atoms with E-state index in [1.807, 2.05) is 18.2 Å². The first-order chi connectivity index (χ1) is 13.8. The third-order valence-electron chi connectivity index (χ3n) is 5.75. The summed E-state index contributed by atoms with van der Waals surface area (Å²) >= 11 is 0. The highest BCUT2D eigenvalue weighted by molar-refractivity contribution is 5.83. The van der Waals surface area contributed by atoms with Crippen LogP contribution in [0.3, 0.4) is 0 Å². The molecule has 0 radical (unpaired) electrons. The lowest BCUT2D eigenvalue weighted by Crippen LogP contribution is -2.45. The lowest BCUT2D eigenvalue weighted by Gasteiger charge is -2.37. The lowest BCUT2D eigenvalue weighted by molar-refractivity contribution is 0.114. The Bertz CT molecular complexity index is 976. The van der Waals surface area contributed by atoms with Crippen molar-refractivity contribution in [1.29, 1.82) is 0 Å². The Hall–Kier alpha value is -3.11. The van der Waals surface area contributed by atoms with Crippen LogP contribution in [-0.2, 0) is 0 Å². The van der Waals surface area contributed by atoms with Gasteiger partial charge in [-0.15, -0.1) is 0 Å². The summed E-state index contributed by atoms with van der Waals surface area (Å²) in [5.74, 6) is 0.268. The van der Waals surface area contributed by atoms with Crippen LogP contribution in [0, 0.1) is 0 Å². The maximum atomic E-state index is 9.89. The maximum Gasteiger partial charge on any atom is 0.124 e. The van der Waals surface area contributed by atoms with Gasteiger partial charge in [0.25, 0.3) is 0 Å². The minimum Gasteiger partial charge on any atom is -0.507 e. The first kappa shape index (κ1) is 17.0. The van der Waals surface area contributed by atoms with E-state index in [9.17, 15) is 5.11 Å². The molecule has 1 fully saturated rings. The van der Waals surface area contributed by atoms with Crippen molar-refractivity contribution in [3.8, 4) is 16.9 Å². The Labute approximate surface area is 165 Å². The summed E-state index contributed by atoms with van der Waals surface area (Å²) < 4.78 is 0. The van der Waals surface area contributed by atoms with Gasteiger partial charge in [-0.3, -0.25) is 9.91 Å². The Morgan fingerprint density at radius 3 is 1.96 bits per heavy atom. The number of nitrogens with zero attached hydrogens (tertiary/aromatic N) is 3. The van der Waals surface area contributed by atoms with Gasteiger partial charge >= 0.3 is 0 Å². The average molecular weight is 369 g/mol. The molecule has 28 heavy (non-hydrogen) atoms. The molecule has 4 nitrogen and oxygen atoms in total. The standard InChI is InChI=1S/C24H23N3O/c28-23-12-6-1-7-18(23)17-25-27-15-13-26(14-16-27)24-21-10-4-2-8-19(21)20-9-3-5-11-22(20)24/h1-12,17,24,28H,13-16H2/b25-17+. The number of rotatable bonds is 3. The van der Waals surface area contributed by atoms with Crippen LogP contribution in [0.4, 0.5) is 0 Å². The summed E-state index contributed by atoms with van der Waals surface area (Å²) in [4.78, 5) is 2.57. The molecule has 140 valence electrons. The van der Waals surface area contributed by atoms with Gasteiger partial charge in [-0.25, -0.2) is 0 Å². The quantitative estimate of drug-likeness (QED) is 0.706. The molecule has 0 amide bonds. The molecule has 1 heterocycles. The second-order valence-electron chi connectivity index (χ2n) is 7.37. The van der Waals surface area contributed by atoms with E-state index >= 15 is 0 Å². The normalized spacial score (nSPS) is 17.1. The molecule has 1 N–H and O–H groups in total. The summed E-state index contributed by atoms with van der Waals surface area (Å²) in [6.45, 7) is 3.69. The number of aromatic hydroxyl groups is 1. The third kappa shape index (κ3) is 2.96. The molecule has 5 rings (SSSR count). The second-order valence-corrected chi connectivity index (χ2v) is 7.37. The molecule has 0 unspecified atom stereocenters. The largest absolute Gasteiger partial charge is 0.507 e. The van der Waals surface area contributed by atoms with Crippen LogP contribution in [-0.4, -0.2) is 47.4 Å². The highest BCUT2D eigenvalue weighted by Crippen LogP contribution is 2.46. The number of phenolic OH excluding ortho intramolecular Hbond substituents is 1. The van der Waals surface area contributed by atoms with Gasteiger partial charge in [0, 0.05) is 31.7 Å². The maximum absolute atomic E-state index is 9.89. The van der Waals surface area contributed by atoms with Crippen molar-refractivity contribution < 1.29 is 5.11 Å². The van der Waals surface area contributed by atoms with Gasteiger partial charge in [0.1, 0.15) is 5.75 Å². The molecule has 0 atom stereocenters. The highest BCUT2D eigenvalue weighted by atomic mass is 16.3. The molecule has 3 aromatic rings. The van der Waals surface area contributed by atoms with Crippen LogP contribution >= 0.6 is 0 Å². The molecule has 1 aliphatic heterocycles. The van der Waals surface area contributed by atoms with E-state index in [-0.39, 0.29) is 5.75 Å². The van der Waals surface area contributed by atoms with Crippen LogP contribution in [0.2, 0.25) is 0 Å². The van der Waals surface area contributed by atoms with Crippen molar-refractivity contribution in [2.24, 2.45) is 5.10 Å². The Morgan fingerprint density at radius 1 is 0.750 bits per heavy atom. The monoisotopic (exact) mass is 369 g/mol. The van der Waals surface area contributed by atoms with Crippen LogP contribution in [0.1, 0.15) is 22.7 Å². The van der Waals surface area contributed by atoms with Crippen LogP contribution in [0.25, 0.3) is 11.1 Å². The first-order valence-corrected chi connectivity index (χ1v) is 9.80. The molecular formula is C24H23N3O. The van der Waals surface area contributed by atoms with E-state index in [0.29, 0.717) is 6.04 Å². The van der Waals surface area contributed by atoms with E-state index in [4.69, 9.17) is 0 Å². The minimum absolute atomic E-state index is 0.268. The first-order valence-electron chi connectivity index (χ1n) is 9.80. The lowest BCUT2D eigenvalue weighted by atomic mass is 10.0. The van der Waals surface area contributed by atoms with Crippen molar-refractivity contribution in [1.82, 2.24) is 9.91 Å². The van der Waals surface area contributed by atoms with Crippen molar-refractivity contribution in [3.05, 3.63) is 89.5 Å². The molecule has 0 aromatic heterocycles.